The van der Waals surface area contributed by atoms with Crippen LogP contribution in [0.1, 0.15) is 19.4 Å². The van der Waals surface area contributed by atoms with Gasteiger partial charge < -0.3 is 5.41 Å². The third kappa shape index (κ3) is 2.37. The molecule has 1 N–H and O–H groups in total. The van der Waals surface area contributed by atoms with Crippen LogP contribution in [0.5, 0.6) is 0 Å². The molecule has 4 heteroatoms. The van der Waals surface area contributed by atoms with Gasteiger partial charge in [0.2, 0.25) is 0 Å². The van der Waals surface area contributed by atoms with E-state index < -0.39 is 0 Å². The summed E-state index contributed by atoms with van der Waals surface area (Å²) in [5, 5.41) is 12.6. The predicted molar refractivity (Wildman–Crippen MR) is 72.8 cm³/mol. The topological polar surface area (TPSA) is 54.6 Å². The molecular formula is C14H16N4. The normalized spacial score (nSPS) is 11.0. The van der Waals surface area contributed by atoms with Gasteiger partial charge in [0.25, 0.3) is 0 Å². The number of aromatic nitrogens is 3. The molecule has 0 aliphatic heterocycles. The number of nitrogens with zero attached hydrogens (tertiary/aromatic N) is 3. The van der Waals surface area contributed by atoms with Crippen LogP contribution in [0.2, 0.25) is 0 Å². The Morgan fingerprint density at radius 1 is 1.50 bits per heavy atom. The first kappa shape index (κ1) is 12.2. The summed E-state index contributed by atoms with van der Waals surface area (Å²) in [5.41, 5.74) is 3.06. The Hall–Kier alpha value is -2.23. The highest BCUT2D eigenvalue weighted by Gasteiger charge is 2.13. The van der Waals surface area contributed by atoms with E-state index in [1.54, 1.807) is 18.5 Å². The maximum Gasteiger partial charge on any atom is 0.103 e. The van der Waals surface area contributed by atoms with E-state index in [0.29, 0.717) is 5.71 Å². The smallest absolute Gasteiger partial charge is 0.103 e. The molecule has 0 aliphatic rings. The van der Waals surface area contributed by atoms with Crippen molar-refractivity contribution >= 4 is 5.71 Å². The standard InChI is InChI=1S/C14H16N4/c1-3-6-13(15)12-10-18(4-2)17-14(12)11-7-5-8-16-9-11/h3,5-10,15H,4H2,1-2H3/b6-3-,15-13?. The highest BCUT2D eigenvalue weighted by Crippen LogP contribution is 2.21. The van der Waals surface area contributed by atoms with E-state index in [2.05, 4.69) is 10.1 Å². The fourth-order valence-corrected chi connectivity index (χ4v) is 1.75. The molecule has 0 radical (unpaired) electrons. The van der Waals surface area contributed by atoms with Gasteiger partial charge in [0.05, 0.1) is 5.71 Å². The van der Waals surface area contributed by atoms with E-state index in [1.165, 1.54) is 0 Å². The monoisotopic (exact) mass is 240 g/mol. The average Bonchev–Trinajstić information content (AvgIpc) is 2.84. The molecule has 2 aromatic rings. The number of nitrogens with one attached hydrogen (secondary N) is 1. The molecule has 0 atom stereocenters. The molecule has 0 spiro atoms. The van der Waals surface area contributed by atoms with Gasteiger partial charge in [0.15, 0.2) is 0 Å². The second kappa shape index (κ2) is 5.40. The van der Waals surface area contributed by atoms with Crippen LogP contribution < -0.4 is 0 Å². The van der Waals surface area contributed by atoms with Crippen molar-refractivity contribution in [2.45, 2.75) is 20.4 Å². The molecule has 0 saturated carbocycles. The van der Waals surface area contributed by atoms with E-state index in [9.17, 15) is 0 Å². The lowest BCUT2D eigenvalue weighted by Crippen LogP contribution is -1.95. The second-order valence-electron chi connectivity index (χ2n) is 3.90. The third-order valence-electron chi connectivity index (χ3n) is 2.64. The molecule has 0 bridgehead atoms. The summed E-state index contributed by atoms with van der Waals surface area (Å²) in [7, 11) is 0. The van der Waals surface area contributed by atoms with Gasteiger partial charge >= 0.3 is 0 Å². The first-order chi connectivity index (χ1) is 8.76. The van der Waals surface area contributed by atoms with Crippen LogP contribution in [0.3, 0.4) is 0 Å². The van der Waals surface area contributed by atoms with Crippen LogP contribution in [0, 0.1) is 5.41 Å². The maximum absolute atomic E-state index is 8.05. The first-order valence-electron chi connectivity index (χ1n) is 5.95. The van der Waals surface area contributed by atoms with Crippen molar-refractivity contribution in [3.05, 3.63) is 48.4 Å². The number of aryl methyl sites for hydroxylation is 1. The molecule has 2 heterocycles. The zero-order valence-electron chi connectivity index (χ0n) is 10.6. The molecule has 0 aliphatic carbocycles. The highest BCUT2D eigenvalue weighted by molar-refractivity contribution is 6.10. The van der Waals surface area contributed by atoms with Gasteiger partial charge in [-0.25, -0.2) is 0 Å². The van der Waals surface area contributed by atoms with Crippen molar-refractivity contribution in [1.29, 1.82) is 5.41 Å². The molecule has 18 heavy (non-hydrogen) atoms. The summed E-state index contributed by atoms with van der Waals surface area (Å²) >= 11 is 0. The lowest BCUT2D eigenvalue weighted by Gasteiger charge is -1.99. The quantitative estimate of drug-likeness (QED) is 0.835. The molecule has 2 aromatic heterocycles. The van der Waals surface area contributed by atoms with Gasteiger partial charge in [-0.15, -0.1) is 0 Å². The van der Waals surface area contributed by atoms with E-state index in [0.717, 1.165) is 23.4 Å². The van der Waals surface area contributed by atoms with Gasteiger partial charge in [0, 0.05) is 36.3 Å². The van der Waals surface area contributed by atoms with Crippen LogP contribution in [0.4, 0.5) is 0 Å². The van der Waals surface area contributed by atoms with Gasteiger partial charge in [-0.2, -0.15) is 5.10 Å². The first-order valence-corrected chi connectivity index (χ1v) is 5.95. The van der Waals surface area contributed by atoms with Gasteiger partial charge in [-0.3, -0.25) is 9.67 Å². The SMILES string of the molecule is C/C=C\C(=N)c1cn(CC)nc1-c1cccnc1. The largest absolute Gasteiger partial charge is 0.300 e. The van der Waals surface area contributed by atoms with E-state index in [4.69, 9.17) is 5.41 Å². The molecule has 0 fully saturated rings. The Morgan fingerprint density at radius 3 is 2.94 bits per heavy atom. The van der Waals surface area contributed by atoms with Crippen LogP contribution in [0.25, 0.3) is 11.3 Å². The molecule has 2 rings (SSSR count). The summed E-state index contributed by atoms with van der Waals surface area (Å²) in [6.07, 6.45) is 9.05. The zero-order valence-corrected chi connectivity index (χ0v) is 10.6. The fraction of sp³-hybridized carbons (Fsp3) is 0.214. The van der Waals surface area contributed by atoms with Gasteiger partial charge in [-0.05, 0) is 32.1 Å². The Labute approximate surface area is 107 Å². The molecule has 0 aromatic carbocycles. The van der Waals surface area contributed by atoms with Crippen LogP contribution >= 0.6 is 0 Å². The van der Waals surface area contributed by atoms with Gasteiger partial charge in [0.1, 0.15) is 5.69 Å². The van der Waals surface area contributed by atoms with E-state index in [-0.39, 0.29) is 0 Å². The minimum atomic E-state index is 0.469. The summed E-state index contributed by atoms with van der Waals surface area (Å²) in [6, 6.07) is 3.84. The number of hydrogen-bond acceptors (Lipinski definition) is 3. The maximum atomic E-state index is 8.05. The molecule has 92 valence electrons. The number of allylic oxidation sites excluding steroid dienone is 2. The van der Waals surface area contributed by atoms with Crippen molar-refractivity contribution in [3.63, 3.8) is 0 Å². The molecule has 0 unspecified atom stereocenters. The van der Waals surface area contributed by atoms with Crippen LogP contribution in [0.15, 0.2) is 42.9 Å². The summed E-state index contributed by atoms with van der Waals surface area (Å²) in [4.78, 5) is 4.10. The third-order valence-corrected chi connectivity index (χ3v) is 2.64. The number of pyridine rings is 1. The summed E-state index contributed by atoms with van der Waals surface area (Å²) in [5.74, 6) is 0. The fourth-order valence-electron chi connectivity index (χ4n) is 1.75. The Bertz CT molecular complexity index is 567. The van der Waals surface area contributed by atoms with Crippen molar-refractivity contribution in [3.8, 4) is 11.3 Å². The highest BCUT2D eigenvalue weighted by atomic mass is 15.3. The predicted octanol–water partition coefficient (Wildman–Crippen LogP) is 2.91. The summed E-state index contributed by atoms with van der Waals surface area (Å²) < 4.78 is 1.84. The lowest BCUT2D eigenvalue weighted by molar-refractivity contribution is 0.662. The second-order valence-corrected chi connectivity index (χ2v) is 3.90. The van der Waals surface area contributed by atoms with Crippen molar-refractivity contribution in [2.75, 3.05) is 0 Å². The molecular weight excluding hydrogens is 224 g/mol. The van der Waals surface area contributed by atoms with Crippen molar-refractivity contribution in [2.24, 2.45) is 0 Å². The van der Waals surface area contributed by atoms with Crippen LogP contribution in [-0.4, -0.2) is 20.5 Å². The molecule has 0 saturated heterocycles. The summed E-state index contributed by atoms with van der Waals surface area (Å²) in [6.45, 7) is 4.72. The Balaban J connectivity index is 2.52. The molecule has 4 nitrogen and oxygen atoms in total. The molecule has 0 amide bonds. The average molecular weight is 240 g/mol. The number of hydrogen-bond donors (Lipinski definition) is 1. The zero-order chi connectivity index (χ0) is 13.0. The van der Waals surface area contributed by atoms with Crippen molar-refractivity contribution < 1.29 is 0 Å². The Morgan fingerprint density at radius 2 is 2.33 bits per heavy atom. The van der Waals surface area contributed by atoms with Crippen LogP contribution in [-0.2, 0) is 6.54 Å². The minimum Gasteiger partial charge on any atom is -0.300 e. The Kier molecular flexibility index (Phi) is 3.67. The lowest BCUT2D eigenvalue weighted by atomic mass is 10.1. The number of rotatable bonds is 4. The van der Waals surface area contributed by atoms with E-state index >= 15 is 0 Å². The van der Waals surface area contributed by atoms with E-state index in [1.807, 2.05) is 42.9 Å². The van der Waals surface area contributed by atoms with Gasteiger partial charge in [-0.1, -0.05) is 6.08 Å². The van der Waals surface area contributed by atoms with Crippen molar-refractivity contribution in [1.82, 2.24) is 14.8 Å². The minimum absolute atomic E-state index is 0.469.